The molecular formula is C14H15BrN2S. The summed E-state index contributed by atoms with van der Waals surface area (Å²) >= 11 is 5.43. The van der Waals surface area contributed by atoms with E-state index in [1.807, 2.05) is 11.3 Å². The second-order valence-electron chi connectivity index (χ2n) is 4.52. The van der Waals surface area contributed by atoms with Crippen LogP contribution in [0.2, 0.25) is 0 Å². The maximum Gasteiger partial charge on any atom is 0.0440 e. The number of fused-ring (bicyclic) bond motifs is 1. The largest absolute Gasteiger partial charge is 0.367 e. The van der Waals surface area contributed by atoms with Crippen molar-refractivity contribution in [2.45, 2.75) is 19.5 Å². The number of hydrogen-bond donors (Lipinski definition) is 1. The summed E-state index contributed by atoms with van der Waals surface area (Å²) in [6.45, 7) is 2.68. The zero-order valence-electron chi connectivity index (χ0n) is 10.0. The zero-order valence-corrected chi connectivity index (χ0v) is 12.4. The van der Waals surface area contributed by atoms with Crippen LogP contribution in [0.1, 0.15) is 16.0 Å². The number of halogens is 1. The topological polar surface area (TPSA) is 29.3 Å². The average molecular weight is 323 g/mol. The van der Waals surface area contributed by atoms with Crippen molar-refractivity contribution >= 4 is 33.0 Å². The first kappa shape index (κ1) is 12.2. The lowest BCUT2D eigenvalue weighted by Crippen LogP contribution is -2.30. The molecule has 0 fully saturated rings. The van der Waals surface area contributed by atoms with Crippen LogP contribution in [0.5, 0.6) is 0 Å². The average Bonchev–Trinajstić information content (AvgIpc) is 2.85. The quantitative estimate of drug-likeness (QED) is 0.916. The standard InChI is InChI=1S/C14H15BrN2S/c15-12-2-1-10(8-16)13(7-12)17-5-3-14-11(9-17)4-6-18-14/h1-2,4,6-7H,3,5,8-9,16H2. The lowest BCUT2D eigenvalue weighted by atomic mass is 10.1. The minimum Gasteiger partial charge on any atom is -0.367 e. The second kappa shape index (κ2) is 5.03. The molecule has 0 radical (unpaired) electrons. The molecule has 0 amide bonds. The van der Waals surface area contributed by atoms with E-state index in [-0.39, 0.29) is 0 Å². The van der Waals surface area contributed by atoms with E-state index in [0.29, 0.717) is 6.54 Å². The molecule has 2 nitrogen and oxygen atoms in total. The number of rotatable bonds is 2. The van der Waals surface area contributed by atoms with Gasteiger partial charge in [-0.1, -0.05) is 22.0 Å². The Balaban J connectivity index is 1.94. The van der Waals surface area contributed by atoms with Crippen LogP contribution in [-0.2, 0) is 19.5 Å². The van der Waals surface area contributed by atoms with E-state index in [1.54, 1.807) is 0 Å². The maximum atomic E-state index is 5.84. The highest BCUT2D eigenvalue weighted by atomic mass is 79.9. The van der Waals surface area contributed by atoms with E-state index in [2.05, 4.69) is 50.5 Å². The van der Waals surface area contributed by atoms with Crippen LogP contribution >= 0.6 is 27.3 Å². The molecule has 0 spiro atoms. The molecule has 1 aliphatic rings. The van der Waals surface area contributed by atoms with Gasteiger partial charge in [0.05, 0.1) is 0 Å². The van der Waals surface area contributed by atoms with Crippen molar-refractivity contribution in [2.75, 3.05) is 11.4 Å². The predicted molar refractivity (Wildman–Crippen MR) is 81.1 cm³/mol. The fourth-order valence-electron chi connectivity index (χ4n) is 2.46. The Morgan fingerprint density at radius 2 is 2.22 bits per heavy atom. The van der Waals surface area contributed by atoms with Crippen LogP contribution in [0.4, 0.5) is 5.69 Å². The molecule has 18 heavy (non-hydrogen) atoms. The van der Waals surface area contributed by atoms with Gasteiger partial charge in [0.25, 0.3) is 0 Å². The lowest BCUT2D eigenvalue weighted by Gasteiger charge is -2.30. The first-order valence-electron chi connectivity index (χ1n) is 6.06. The Bertz CT molecular complexity index is 565. The fourth-order valence-corrected chi connectivity index (χ4v) is 3.70. The number of thiophene rings is 1. The molecule has 2 N–H and O–H groups in total. The van der Waals surface area contributed by atoms with Gasteiger partial charge in [0.1, 0.15) is 0 Å². The van der Waals surface area contributed by atoms with Gasteiger partial charge in [-0.05, 0) is 41.1 Å². The van der Waals surface area contributed by atoms with Crippen molar-refractivity contribution in [1.82, 2.24) is 0 Å². The SMILES string of the molecule is NCc1ccc(Br)cc1N1CCc2sccc2C1. The molecule has 0 bridgehead atoms. The summed E-state index contributed by atoms with van der Waals surface area (Å²) in [6, 6.07) is 8.60. The number of hydrogen-bond acceptors (Lipinski definition) is 3. The van der Waals surface area contributed by atoms with Gasteiger partial charge in [0.15, 0.2) is 0 Å². The highest BCUT2D eigenvalue weighted by Gasteiger charge is 2.19. The van der Waals surface area contributed by atoms with Gasteiger partial charge in [0, 0.05) is 34.7 Å². The molecule has 4 heteroatoms. The zero-order chi connectivity index (χ0) is 12.5. The summed E-state index contributed by atoms with van der Waals surface area (Å²) in [7, 11) is 0. The van der Waals surface area contributed by atoms with E-state index in [0.717, 1.165) is 24.0 Å². The molecule has 2 aromatic rings. The Kier molecular flexibility index (Phi) is 3.41. The van der Waals surface area contributed by atoms with Crippen molar-refractivity contribution in [3.63, 3.8) is 0 Å². The predicted octanol–water partition coefficient (Wildman–Crippen LogP) is 3.53. The van der Waals surface area contributed by atoms with Gasteiger partial charge in [-0.15, -0.1) is 11.3 Å². The van der Waals surface area contributed by atoms with Crippen LogP contribution in [0, 0.1) is 0 Å². The molecule has 2 heterocycles. The summed E-state index contributed by atoms with van der Waals surface area (Å²) in [5.41, 5.74) is 9.80. The highest BCUT2D eigenvalue weighted by Crippen LogP contribution is 2.31. The Morgan fingerprint density at radius 3 is 3.06 bits per heavy atom. The molecule has 94 valence electrons. The molecule has 1 aromatic carbocycles. The maximum absolute atomic E-state index is 5.84. The number of anilines is 1. The molecule has 0 saturated heterocycles. The summed E-state index contributed by atoms with van der Waals surface area (Å²) < 4.78 is 1.12. The lowest BCUT2D eigenvalue weighted by molar-refractivity contribution is 0.738. The van der Waals surface area contributed by atoms with Crippen LogP contribution in [0.15, 0.2) is 34.1 Å². The molecule has 0 saturated carbocycles. The van der Waals surface area contributed by atoms with E-state index < -0.39 is 0 Å². The van der Waals surface area contributed by atoms with E-state index >= 15 is 0 Å². The monoisotopic (exact) mass is 322 g/mol. The van der Waals surface area contributed by atoms with Crippen LogP contribution < -0.4 is 10.6 Å². The summed E-state index contributed by atoms with van der Waals surface area (Å²) in [5, 5.41) is 2.19. The van der Waals surface area contributed by atoms with Crippen LogP contribution in [0.3, 0.4) is 0 Å². The Morgan fingerprint density at radius 1 is 1.33 bits per heavy atom. The van der Waals surface area contributed by atoms with Crippen molar-refractivity contribution in [3.05, 3.63) is 50.1 Å². The van der Waals surface area contributed by atoms with E-state index in [9.17, 15) is 0 Å². The van der Waals surface area contributed by atoms with Crippen LogP contribution in [0.25, 0.3) is 0 Å². The van der Waals surface area contributed by atoms with Gasteiger partial charge in [-0.3, -0.25) is 0 Å². The Labute approximate surface area is 120 Å². The van der Waals surface area contributed by atoms with E-state index in [1.165, 1.54) is 21.7 Å². The number of nitrogens with zero attached hydrogens (tertiary/aromatic N) is 1. The highest BCUT2D eigenvalue weighted by molar-refractivity contribution is 9.10. The summed E-state index contributed by atoms with van der Waals surface area (Å²) in [5.74, 6) is 0. The molecule has 1 aromatic heterocycles. The summed E-state index contributed by atoms with van der Waals surface area (Å²) in [6.07, 6.45) is 1.14. The summed E-state index contributed by atoms with van der Waals surface area (Å²) in [4.78, 5) is 3.97. The minimum atomic E-state index is 0.593. The number of benzene rings is 1. The molecule has 0 aliphatic carbocycles. The van der Waals surface area contributed by atoms with E-state index in [4.69, 9.17) is 5.73 Å². The van der Waals surface area contributed by atoms with Crippen LogP contribution in [-0.4, -0.2) is 6.54 Å². The first-order valence-corrected chi connectivity index (χ1v) is 7.74. The minimum absolute atomic E-state index is 0.593. The Hall–Kier alpha value is -0.840. The van der Waals surface area contributed by atoms with Gasteiger partial charge in [0.2, 0.25) is 0 Å². The van der Waals surface area contributed by atoms with Crippen molar-refractivity contribution in [2.24, 2.45) is 5.73 Å². The molecule has 1 aliphatic heterocycles. The van der Waals surface area contributed by atoms with Gasteiger partial charge in [-0.2, -0.15) is 0 Å². The molecular weight excluding hydrogens is 308 g/mol. The molecule has 3 rings (SSSR count). The van der Waals surface area contributed by atoms with Crippen molar-refractivity contribution in [1.29, 1.82) is 0 Å². The second-order valence-corrected chi connectivity index (χ2v) is 6.43. The third-order valence-corrected chi connectivity index (χ3v) is 4.93. The molecule has 0 atom stereocenters. The van der Waals surface area contributed by atoms with Gasteiger partial charge >= 0.3 is 0 Å². The van der Waals surface area contributed by atoms with Gasteiger partial charge in [-0.25, -0.2) is 0 Å². The third-order valence-electron chi connectivity index (χ3n) is 3.42. The van der Waals surface area contributed by atoms with Crippen molar-refractivity contribution < 1.29 is 0 Å². The molecule has 0 unspecified atom stereocenters. The fraction of sp³-hybridized carbons (Fsp3) is 0.286. The third kappa shape index (κ3) is 2.20. The normalized spacial score (nSPS) is 14.7. The van der Waals surface area contributed by atoms with Crippen molar-refractivity contribution in [3.8, 4) is 0 Å². The first-order chi connectivity index (χ1) is 8.78. The van der Waals surface area contributed by atoms with Gasteiger partial charge < -0.3 is 10.6 Å². The number of nitrogens with two attached hydrogens (primary N) is 1. The smallest absolute Gasteiger partial charge is 0.0440 e.